The third-order valence-corrected chi connectivity index (χ3v) is 6.39. The summed E-state index contributed by atoms with van der Waals surface area (Å²) < 4.78 is 29.6. The van der Waals surface area contributed by atoms with Gasteiger partial charge in [0.05, 0.1) is 23.7 Å². The molecule has 1 heterocycles. The Morgan fingerprint density at radius 3 is 2.21 bits per heavy atom. The first-order valence-corrected chi connectivity index (χ1v) is 12.6. The molecule has 5 nitrogen and oxygen atoms in total. The quantitative estimate of drug-likeness (QED) is 0.423. The molecular formula is C28H31NO4S. The summed E-state index contributed by atoms with van der Waals surface area (Å²) in [6.07, 6.45) is 8.63. The Morgan fingerprint density at radius 2 is 1.62 bits per heavy atom. The lowest BCUT2D eigenvalue weighted by molar-refractivity contribution is 0.160. The molecule has 0 aromatic heterocycles. The monoisotopic (exact) mass is 477 g/mol. The highest BCUT2D eigenvalue weighted by atomic mass is 32.2. The van der Waals surface area contributed by atoms with Gasteiger partial charge in [-0.1, -0.05) is 98.3 Å². The molecule has 0 amide bonds. The summed E-state index contributed by atoms with van der Waals surface area (Å²) in [5, 5.41) is 1.94. The molecular weight excluding hydrogens is 446 g/mol. The molecule has 178 valence electrons. The van der Waals surface area contributed by atoms with E-state index in [1.165, 1.54) is 28.8 Å². The number of nitrogens with zero attached hydrogens (tertiary/aromatic N) is 1. The molecule has 0 aliphatic carbocycles. The largest absolute Gasteiger partial charge is 0.294 e. The molecule has 0 spiro atoms. The highest BCUT2D eigenvalue weighted by molar-refractivity contribution is 7.85. The number of aryl methyl sites for hydroxylation is 1. The van der Waals surface area contributed by atoms with Gasteiger partial charge in [0.2, 0.25) is 0 Å². The molecule has 6 heteroatoms. The molecule has 0 saturated carbocycles. The molecule has 1 aliphatic rings. The molecule has 4 rings (SSSR count). The number of rotatable bonds is 5. The van der Waals surface area contributed by atoms with Gasteiger partial charge in [0, 0.05) is 0 Å². The van der Waals surface area contributed by atoms with Crippen LogP contribution >= 0.6 is 0 Å². The lowest BCUT2D eigenvalue weighted by Gasteiger charge is -2.31. The third-order valence-electron chi connectivity index (χ3n) is 5.52. The standard InChI is InChI=1S/C21H23NO.C7H8O3S/c1-16(2)18-11-8-17(9-12-18)10-14-20-15-13-19-6-4-5-7-21(19)22(20)23-3;1-6-2-4-7(5-3-6)11(8,9)10/h4-16,20H,1-3H3;2-5H,1H3,(H,8,9,10)/b14-10+;. The third kappa shape index (κ3) is 6.67. The highest BCUT2D eigenvalue weighted by Crippen LogP contribution is 2.29. The van der Waals surface area contributed by atoms with Gasteiger partial charge in [0.25, 0.3) is 10.1 Å². The lowest BCUT2D eigenvalue weighted by atomic mass is 10.0. The molecule has 1 N–H and O–H groups in total. The minimum absolute atomic E-state index is 0.0666. The number of fused-ring (bicyclic) bond motifs is 1. The average Bonchev–Trinajstić information content (AvgIpc) is 2.82. The molecule has 0 radical (unpaired) electrons. The molecule has 3 aromatic rings. The first-order valence-electron chi connectivity index (χ1n) is 11.1. The second-order valence-corrected chi connectivity index (χ2v) is 9.81. The summed E-state index contributed by atoms with van der Waals surface area (Å²) in [4.78, 5) is 5.53. The first-order chi connectivity index (χ1) is 16.2. The Bertz CT molecular complexity index is 1240. The predicted molar refractivity (Wildman–Crippen MR) is 139 cm³/mol. The molecule has 0 fully saturated rings. The summed E-state index contributed by atoms with van der Waals surface area (Å²) in [5.41, 5.74) is 5.81. The van der Waals surface area contributed by atoms with Gasteiger partial charge in [-0.2, -0.15) is 8.42 Å². The van der Waals surface area contributed by atoms with Gasteiger partial charge >= 0.3 is 0 Å². The molecule has 34 heavy (non-hydrogen) atoms. The summed E-state index contributed by atoms with van der Waals surface area (Å²) >= 11 is 0. The zero-order valence-corrected chi connectivity index (χ0v) is 20.7. The number of hydrogen-bond donors (Lipinski definition) is 1. The zero-order chi connectivity index (χ0) is 24.7. The van der Waals surface area contributed by atoms with Crippen molar-refractivity contribution in [2.75, 3.05) is 12.2 Å². The summed E-state index contributed by atoms with van der Waals surface area (Å²) in [5.74, 6) is 0.565. The van der Waals surface area contributed by atoms with Crippen molar-refractivity contribution in [3.05, 3.63) is 107 Å². The summed E-state index contributed by atoms with van der Waals surface area (Å²) in [6, 6.07) is 23.1. The number of hydroxylamine groups is 1. The summed E-state index contributed by atoms with van der Waals surface area (Å²) in [6.45, 7) is 6.27. The van der Waals surface area contributed by atoms with Crippen LogP contribution in [0.5, 0.6) is 0 Å². The van der Waals surface area contributed by atoms with E-state index in [2.05, 4.69) is 74.5 Å². The van der Waals surface area contributed by atoms with Gasteiger partial charge in [-0.15, -0.1) is 0 Å². The van der Waals surface area contributed by atoms with Crippen molar-refractivity contribution in [3.8, 4) is 0 Å². The molecule has 0 bridgehead atoms. The Kier molecular flexibility index (Phi) is 8.45. The fourth-order valence-electron chi connectivity index (χ4n) is 3.54. The maximum Gasteiger partial charge on any atom is 0.294 e. The minimum atomic E-state index is -4.02. The Hall–Kier alpha value is -3.19. The van der Waals surface area contributed by atoms with E-state index >= 15 is 0 Å². The molecule has 1 unspecified atom stereocenters. The normalized spacial score (nSPS) is 15.2. The van der Waals surface area contributed by atoms with E-state index in [1.54, 1.807) is 19.2 Å². The fourth-order valence-corrected chi connectivity index (χ4v) is 4.02. The van der Waals surface area contributed by atoms with Crippen LogP contribution in [-0.4, -0.2) is 26.1 Å². The van der Waals surface area contributed by atoms with Crippen LogP contribution in [0.25, 0.3) is 12.2 Å². The molecule has 1 atom stereocenters. The first kappa shape index (κ1) is 25.4. The van der Waals surface area contributed by atoms with E-state index in [1.807, 2.05) is 24.1 Å². The van der Waals surface area contributed by atoms with Crippen LogP contribution in [0.15, 0.2) is 89.8 Å². The second-order valence-electron chi connectivity index (χ2n) is 8.39. The minimum Gasteiger partial charge on any atom is -0.282 e. The van der Waals surface area contributed by atoms with Crippen LogP contribution < -0.4 is 5.06 Å². The van der Waals surface area contributed by atoms with Crippen molar-refractivity contribution in [2.24, 2.45) is 0 Å². The number of anilines is 1. The van der Waals surface area contributed by atoms with Crippen LogP contribution in [-0.2, 0) is 15.0 Å². The van der Waals surface area contributed by atoms with Crippen molar-refractivity contribution in [3.63, 3.8) is 0 Å². The lowest BCUT2D eigenvalue weighted by Crippen LogP contribution is -2.33. The van der Waals surface area contributed by atoms with E-state index in [-0.39, 0.29) is 10.9 Å². The van der Waals surface area contributed by atoms with E-state index < -0.39 is 10.1 Å². The molecule has 1 aliphatic heterocycles. The van der Waals surface area contributed by atoms with Crippen molar-refractivity contribution in [1.29, 1.82) is 0 Å². The Balaban J connectivity index is 0.000000248. The molecule has 0 saturated heterocycles. The topological polar surface area (TPSA) is 66.8 Å². The number of para-hydroxylation sites is 1. The SMILES string of the molecule is CON1c2ccccc2C=CC1/C=C/c1ccc(C(C)C)cc1.Cc1ccc(S(=O)(=O)O)cc1. The number of benzene rings is 3. The second kappa shape index (κ2) is 11.3. The van der Waals surface area contributed by atoms with E-state index in [9.17, 15) is 8.42 Å². The smallest absolute Gasteiger partial charge is 0.282 e. The maximum absolute atomic E-state index is 10.5. The van der Waals surface area contributed by atoms with Crippen LogP contribution in [0.4, 0.5) is 5.69 Å². The van der Waals surface area contributed by atoms with Gasteiger partial charge in [0.1, 0.15) is 0 Å². The van der Waals surface area contributed by atoms with Gasteiger partial charge in [-0.05, 0) is 47.7 Å². The fraction of sp³-hybridized carbons (Fsp3) is 0.214. The van der Waals surface area contributed by atoms with Crippen molar-refractivity contribution >= 4 is 28.0 Å². The predicted octanol–water partition coefficient (Wildman–Crippen LogP) is 6.53. The van der Waals surface area contributed by atoms with Crippen molar-refractivity contribution in [2.45, 2.75) is 37.6 Å². The van der Waals surface area contributed by atoms with Crippen LogP contribution in [0.1, 0.15) is 42.0 Å². The van der Waals surface area contributed by atoms with Crippen LogP contribution in [0, 0.1) is 6.92 Å². The van der Waals surface area contributed by atoms with Gasteiger partial charge in [-0.3, -0.25) is 9.39 Å². The van der Waals surface area contributed by atoms with E-state index in [4.69, 9.17) is 9.39 Å². The zero-order valence-electron chi connectivity index (χ0n) is 19.9. The Morgan fingerprint density at radius 1 is 0.971 bits per heavy atom. The number of hydrogen-bond acceptors (Lipinski definition) is 4. The van der Waals surface area contributed by atoms with Crippen LogP contribution in [0.2, 0.25) is 0 Å². The molecule has 3 aromatic carbocycles. The van der Waals surface area contributed by atoms with Gasteiger partial charge in [0.15, 0.2) is 0 Å². The Labute approximate surface area is 202 Å². The van der Waals surface area contributed by atoms with Gasteiger partial charge in [-0.25, -0.2) is 5.06 Å². The van der Waals surface area contributed by atoms with Crippen molar-refractivity contribution in [1.82, 2.24) is 0 Å². The van der Waals surface area contributed by atoms with E-state index in [0.717, 1.165) is 11.3 Å². The van der Waals surface area contributed by atoms with Crippen LogP contribution in [0.3, 0.4) is 0 Å². The average molecular weight is 478 g/mol. The van der Waals surface area contributed by atoms with Crippen molar-refractivity contribution < 1.29 is 17.8 Å². The summed E-state index contributed by atoms with van der Waals surface area (Å²) in [7, 11) is -2.30. The van der Waals surface area contributed by atoms with Gasteiger partial charge < -0.3 is 0 Å². The highest BCUT2D eigenvalue weighted by Gasteiger charge is 2.20. The van der Waals surface area contributed by atoms with E-state index in [0.29, 0.717) is 5.92 Å². The maximum atomic E-state index is 10.5.